The van der Waals surface area contributed by atoms with Gasteiger partial charge in [-0.2, -0.15) is 0 Å². The Bertz CT molecular complexity index is 560. The van der Waals surface area contributed by atoms with Gasteiger partial charge in [-0.1, -0.05) is 24.3 Å². The van der Waals surface area contributed by atoms with Gasteiger partial charge < -0.3 is 10.2 Å². The second-order valence-corrected chi connectivity index (χ2v) is 6.43. The van der Waals surface area contributed by atoms with Gasteiger partial charge in [0.2, 0.25) is 5.91 Å². The zero-order valence-corrected chi connectivity index (χ0v) is 13.5. The molecular formula is C17H23ClN2O. The quantitative estimate of drug-likeness (QED) is 0.809. The molecule has 114 valence electrons. The van der Waals surface area contributed by atoms with Gasteiger partial charge in [0.25, 0.3) is 0 Å². The predicted molar refractivity (Wildman–Crippen MR) is 88.4 cm³/mol. The highest BCUT2D eigenvalue weighted by Gasteiger charge is 2.28. The van der Waals surface area contributed by atoms with E-state index in [1.807, 2.05) is 11.0 Å². The Balaban J connectivity index is 0.00000161. The van der Waals surface area contributed by atoms with Gasteiger partial charge in [0.1, 0.15) is 0 Å². The Morgan fingerprint density at radius 3 is 2.62 bits per heavy atom. The third-order valence-electron chi connectivity index (χ3n) is 4.10. The fraction of sp³-hybridized carbons (Fsp3) is 0.471. The van der Waals surface area contributed by atoms with Crippen LogP contribution in [0.2, 0.25) is 0 Å². The molecule has 3 rings (SSSR count). The van der Waals surface area contributed by atoms with Crippen molar-refractivity contribution in [1.29, 1.82) is 0 Å². The van der Waals surface area contributed by atoms with E-state index in [0.29, 0.717) is 0 Å². The number of halogens is 1. The van der Waals surface area contributed by atoms with Crippen molar-refractivity contribution >= 4 is 24.0 Å². The summed E-state index contributed by atoms with van der Waals surface area (Å²) < 4.78 is 0. The lowest BCUT2D eigenvalue weighted by Gasteiger charge is -2.35. The first kappa shape index (κ1) is 15.9. The molecule has 1 aromatic carbocycles. The number of nitrogens with one attached hydrogen (secondary N) is 1. The first-order valence-corrected chi connectivity index (χ1v) is 7.42. The topological polar surface area (TPSA) is 32.3 Å². The molecule has 1 aromatic rings. The number of benzene rings is 1. The van der Waals surface area contributed by atoms with Crippen molar-refractivity contribution in [3.63, 3.8) is 0 Å². The van der Waals surface area contributed by atoms with Crippen LogP contribution < -0.4 is 5.32 Å². The maximum absolute atomic E-state index is 12.3. The molecule has 1 N–H and O–H groups in total. The molecule has 3 nitrogen and oxygen atoms in total. The standard InChI is InChI=1S/C17H22N2O.ClH/c1-17(2)12-13-7-3-4-8-14(13)15(18-17)11-16(20)19-9-5-6-10-19;/h3-4,7-8,11,18H,5-6,9-10,12H2,1-2H3;1H/b15-11-;. The van der Waals surface area contributed by atoms with E-state index in [-0.39, 0.29) is 23.9 Å². The van der Waals surface area contributed by atoms with E-state index in [4.69, 9.17) is 0 Å². The van der Waals surface area contributed by atoms with E-state index in [1.165, 1.54) is 11.1 Å². The highest BCUT2D eigenvalue weighted by Crippen LogP contribution is 2.29. The Morgan fingerprint density at radius 2 is 1.90 bits per heavy atom. The SMILES string of the molecule is CC1(C)Cc2ccccc2/C(=C/C(=O)N2CCCC2)N1.Cl. The monoisotopic (exact) mass is 306 g/mol. The van der Waals surface area contributed by atoms with Gasteiger partial charge in [0.15, 0.2) is 0 Å². The summed E-state index contributed by atoms with van der Waals surface area (Å²) in [7, 11) is 0. The lowest BCUT2D eigenvalue weighted by atomic mass is 9.86. The van der Waals surface area contributed by atoms with E-state index in [0.717, 1.165) is 38.0 Å². The lowest BCUT2D eigenvalue weighted by molar-refractivity contribution is -0.124. The normalized spacial score (nSPS) is 21.4. The van der Waals surface area contributed by atoms with E-state index >= 15 is 0 Å². The molecule has 0 radical (unpaired) electrons. The number of rotatable bonds is 1. The minimum absolute atomic E-state index is 0. The van der Waals surface area contributed by atoms with Crippen LogP contribution in [0.5, 0.6) is 0 Å². The Morgan fingerprint density at radius 1 is 1.24 bits per heavy atom. The number of nitrogens with zero attached hydrogens (tertiary/aromatic N) is 1. The number of carbonyl (C=O) groups is 1. The van der Waals surface area contributed by atoms with Crippen LogP contribution in [0, 0.1) is 0 Å². The Labute approximate surface area is 132 Å². The maximum Gasteiger partial charge on any atom is 0.248 e. The van der Waals surface area contributed by atoms with Crippen LogP contribution >= 0.6 is 12.4 Å². The summed E-state index contributed by atoms with van der Waals surface area (Å²) in [5.74, 6) is 0.137. The minimum Gasteiger partial charge on any atom is -0.379 e. The highest BCUT2D eigenvalue weighted by molar-refractivity contribution is 5.95. The van der Waals surface area contributed by atoms with Crippen molar-refractivity contribution in [3.8, 4) is 0 Å². The van der Waals surface area contributed by atoms with E-state index in [2.05, 4.69) is 37.4 Å². The maximum atomic E-state index is 12.3. The molecule has 0 aromatic heterocycles. The molecule has 1 saturated heterocycles. The zero-order valence-electron chi connectivity index (χ0n) is 12.7. The second kappa shape index (κ2) is 6.10. The second-order valence-electron chi connectivity index (χ2n) is 6.43. The third-order valence-corrected chi connectivity index (χ3v) is 4.10. The molecule has 1 amide bonds. The van der Waals surface area contributed by atoms with Crippen molar-refractivity contribution < 1.29 is 4.79 Å². The summed E-state index contributed by atoms with van der Waals surface area (Å²) in [6, 6.07) is 8.36. The van der Waals surface area contributed by atoms with Crippen molar-refractivity contribution in [2.45, 2.75) is 38.6 Å². The van der Waals surface area contributed by atoms with Crippen molar-refractivity contribution in [2.75, 3.05) is 13.1 Å². The number of hydrogen-bond donors (Lipinski definition) is 1. The van der Waals surface area contributed by atoms with Crippen LogP contribution in [0.15, 0.2) is 30.3 Å². The number of amides is 1. The molecular weight excluding hydrogens is 284 g/mol. The summed E-state index contributed by atoms with van der Waals surface area (Å²) in [4.78, 5) is 14.3. The average molecular weight is 307 g/mol. The summed E-state index contributed by atoms with van der Waals surface area (Å²) >= 11 is 0. The molecule has 2 aliphatic heterocycles. The lowest BCUT2D eigenvalue weighted by Crippen LogP contribution is -2.44. The Kier molecular flexibility index (Phi) is 4.62. The molecule has 0 aliphatic carbocycles. The molecule has 1 fully saturated rings. The van der Waals surface area contributed by atoms with Crippen molar-refractivity contribution in [1.82, 2.24) is 10.2 Å². The smallest absolute Gasteiger partial charge is 0.248 e. The highest BCUT2D eigenvalue weighted by atomic mass is 35.5. The van der Waals surface area contributed by atoms with Crippen molar-refractivity contribution in [2.24, 2.45) is 0 Å². The van der Waals surface area contributed by atoms with Crippen molar-refractivity contribution in [3.05, 3.63) is 41.5 Å². The molecule has 21 heavy (non-hydrogen) atoms. The number of likely N-dealkylation sites (tertiary alicyclic amines) is 1. The number of fused-ring (bicyclic) bond motifs is 1. The fourth-order valence-corrected chi connectivity index (χ4v) is 3.16. The van der Waals surface area contributed by atoms with Crippen LogP contribution in [0.1, 0.15) is 37.8 Å². The number of carbonyl (C=O) groups excluding carboxylic acids is 1. The molecule has 0 unspecified atom stereocenters. The van der Waals surface area contributed by atoms with Crippen LogP contribution in [-0.2, 0) is 11.2 Å². The molecule has 0 atom stereocenters. The molecule has 0 spiro atoms. The largest absolute Gasteiger partial charge is 0.379 e. The summed E-state index contributed by atoms with van der Waals surface area (Å²) in [6.07, 6.45) is 5.03. The van der Waals surface area contributed by atoms with Gasteiger partial charge in [-0.25, -0.2) is 0 Å². The van der Waals surface area contributed by atoms with Gasteiger partial charge in [0.05, 0.1) is 0 Å². The first-order chi connectivity index (χ1) is 9.55. The first-order valence-electron chi connectivity index (χ1n) is 7.42. The minimum atomic E-state index is -0.00846. The zero-order chi connectivity index (χ0) is 14.2. The van der Waals surface area contributed by atoms with E-state index in [1.54, 1.807) is 6.08 Å². The van der Waals surface area contributed by atoms with Gasteiger partial charge in [-0.05, 0) is 38.7 Å². The molecule has 2 heterocycles. The molecule has 0 bridgehead atoms. The summed E-state index contributed by atoms with van der Waals surface area (Å²) in [6.45, 7) is 6.15. The van der Waals surface area contributed by atoms with Crippen LogP contribution in [0.25, 0.3) is 5.70 Å². The van der Waals surface area contributed by atoms with Crippen LogP contribution in [0.3, 0.4) is 0 Å². The molecule has 4 heteroatoms. The predicted octanol–water partition coefficient (Wildman–Crippen LogP) is 3.00. The van der Waals surface area contributed by atoms with Gasteiger partial charge in [-0.15, -0.1) is 12.4 Å². The fourth-order valence-electron chi connectivity index (χ4n) is 3.16. The summed E-state index contributed by atoms with van der Waals surface area (Å²) in [5, 5.41) is 3.52. The average Bonchev–Trinajstić information content (AvgIpc) is 2.91. The third kappa shape index (κ3) is 3.41. The van der Waals surface area contributed by atoms with Gasteiger partial charge in [-0.3, -0.25) is 4.79 Å². The van der Waals surface area contributed by atoms with Crippen LogP contribution in [-0.4, -0.2) is 29.4 Å². The van der Waals surface area contributed by atoms with E-state index < -0.39 is 0 Å². The van der Waals surface area contributed by atoms with Gasteiger partial charge >= 0.3 is 0 Å². The Hall–Kier alpha value is -1.48. The molecule has 0 saturated carbocycles. The van der Waals surface area contributed by atoms with Crippen LogP contribution in [0.4, 0.5) is 0 Å². The molecule has 2 aliphatic rings. The number of hydrogen-bond acceptors (Lipinski definition) is 2. The summed E-state index contributed by atoms with van der Waals surface area (Å²) in [5.41, 5.74) is 3.44. The van der Waals surface area contributed by atoms with E-state index in [9.17, 15) is 4.79 Å². The van der Waals surface area contributed by atoms with Gasteiger partial charge in [0, 0.05) is 36.0 Å².